The Labute approximate surface area is 78.6 Å². The van der Waals surface area contributed by atoms with Crippen LogP contribution in [0.15, 0.2) is 35.2 Å². The van der Waals surface area contributed by atoms with Crippen LogP contribution in [-0.2, 0) is 15.6 Å². The number of rotatable bonds is 2. The SMILES string of the molecule is O=C1C[C@@H](S(=O)c2ccccc2)N1. The van der Waals surface area contributed by atoms with E-state index in [0.717, 1.165) is 4.90 Å². The molecular weight excluding hydrogens is 186 g/mol. The summed E-state index contributed by atoms with van der Waals surface area (Å²) in [5.74, 6) is -0.0192. The number of carbonyl (C=O) groups is 1. The van der Waals surface area contributed by atoms with E-state index in [2.05, 4.69) is 5.32 Å². The lowest BCUT2D eigenvalue weighted by atomic mass is 10.3. The lowest BCUT2D eigenvalue weighted by molar-refractivity contribution is -0.126. The predicted molar refractivity (Wildman–Crippen MR) is 49.4 cm³/mol. The average molecular weight is 195 g/mol. The topological polar surface area (TPSA) is 46.2 Å². The van der Waals surface area contributed by atoms with Gasteiger partial charge in [0.05, 0.1) is 17.2 Å². The number of hydrogen-bond acceptors (Lipinski definition) is 2. The van der Waals surface area contributed by atoms with Crippen LogP contribution >= 0.6 is 0 Å². The first-order valence-corrected chi connectivity index (χ1v) is 5.23. The van der Waals surface area contributed by atoms with Crippen LogP contribution in [0.2, 0.25) is 0 Å². The lowest BCUT2D eigenvalue weighted by Gasteiger charge is -2.25. The van der Waals surface area contributed by atoms with Crippen molar-refractivity contribution >= 4 is 16.7 Å². The number of benzene rings is 1. The molecule has 68 valence electrons. The van der Waals surface area contributed by atoms with Crippen molar-refractivity contribution in [2.24, 2.45) is 0 Å². The van der Waals surface area contributed by atoms with Crippen molar-refractivity contribution in [1.82, 2.24) is 5.32 Å². The molecule has 0 bridgehead atoms. The third kappa shape index (κ3) is 1.62. The molecule has 0 radical (unpaired) electrons. The summed E-state index contributed by atoms with van der Waals surface area (Å²) in [6.45, 7) is 0. The van der Waals surface area contributed by atoms with Gasteiger partial charge in [-0.25, -0.2) is 0 Å². The minimum Gasteiger partial charge on any atom is -0.341 e. The fraction of sp³-hybridized carbons (Fsp3) is 0.222. The van der Waals surface area contributed by atoms with Gasteiger partial charge in [-0.1, -0.05) is 18.2 Å². The van der Waals surface area contributed by atoms with Crippen LogP contribution in [0, 0.1) is 0 Å². The number of hydrogen-bond donors (Lipinski definition) is 1. The summed E-state index contributed by atoms with van der Waals surface area (Å²) in [5.41, 5.74) is 0. The maximum absolute atomic E-state index is 11.7. The Balaban J connectivity index is 2.10. The highest BCUT2D eigenvalue weighted by Crippen LogP contribution is 2.16. The predicted octanol–water partition coefficient (Wildman–Crippen LogP) is 0.640. The van der Waals surface area contributed by atoms with Gasteiger partial charge in [0, 0.05) is 4.90 Å². The molecule has 1 aromatic carbocycles. The Kier molecular flexibility index (Phi) is 2.14. The number of nitrogens with one attached hydrogen (secondary N) is 1. The first-order chi connectivity index (χ1) is 6.27. The molecule has 1 saturated heterocycles. The van der Waals surface area contributed by atoms with Crippen LogP contribution in [0.1, 0.15) is 6.42 Å². The van der Waals surface area contributed by atoms with E-state index in [4.69, 9.17) is 0 Å². The second-order valence-electron chi connectivity index (χ2n) is 2.87. The first kappa shape index (κ1) is 8.44. The fourth-order valence-corrected chi connectivity index (χ4v) is 2.47. The molecule has 1 N–H and O–H groups in total. The van der Waals surface area contributed by atoms with Crippen molar-refractivity contribution in [3.63, 3.8) is 0 Å². The molecule has 1 amide bonds. The van der Waals surface area contributed by atoms with Crippen molar-refractivity contribution in [2.75, 3.05) is 0 Å². The van der Waals surface area contributed by atoms with Gasteiger partial charge in [0.15, 0.2) is 0 Å². The van der Waals surface area contributed by atoms with Crippen LogP contribution in [0.3, 0.4) is 0 Å². The third-order valence-corrected chi connectivity index (χ3v) is 3.46. The zero-order valence-electron chi connectivity index (χ0n) is 6.90. The van der Waals surface area contributed by atoms with Crippen molar-refractivity contribution in [2.45, 2.75) is 16.7 Å². The van der Waals surface area contributed by atoms with Crippen molar-refractivity contribution in [3.05, 3.63) is 30.3 Å². The summed E-state index contributed by atoms with van der Waals surface area (Å²) in [6.07, 6.45) is 0.376. The monoisotopic (exact) mass is 195 g/mol. The van der Waals surface area contributed by atoms with Gasteiger partial charge in [-0.15, -0.1) is 0 Å². The molecule has 3 nitrogen and oxygen atoms in total. The van der Waals surface area contributed by atoms with Gasteiger partial charge < -0.3 is 5.32 Å². The third-order valence-electron chi connectivity index (χ3n) is 1.93. The van der Waals surface area contributed by atoms with E-state index in [1.54, 1.807) is 12.1 Å². The molecule has 0 aliphatic carbocycles. The second-order valence-corrected chi connectivity index (χ2v) is 4.51. The van der Waals surface area contributed by atoms with Gasteiger partial charge in [0.1, 0.15) is 5.37 Å². The van der Waals surface area contributed by atoms with E-state index >= 15 is 0 Å². The normalized spacial score (nSPS) is 23.1. The van der Waals surface area contributed by atoms with Crippen LogP contribution in [0.5, 0.6) is 0 Å². The molecule has 0 aromatic heterocycles. The molecule has 1 fully saturated rings. The molecule has 1 aliphatic rings. The Morgan fingerprint density at radius 3 is 2.46 bits per heavy atom. The van der Waals surface area contributed by atoms with E-state index in [1.807, 2.05) is 18.2 Å². The summed E-state index contributed by atoms with van der Waals surface area (Å²) in [5, 5.41) is 2.42. The van der Waals surface area contributed by atoms with E-state index in [-0.39, 0.29) is 11.3 Å². The van der Waals surface area contributed by atoms with E-state index in [0.29, 0.717) is 6.42 Å². The smallest absolute Gasteiger partial charge is 0.224 e. The highest BCUT2D eigenvalue weighted by Gasteiger charge is 2.31. The largest absolute Gasteiger partial charge is 0.341 e. The van der Waals surface area contributed by atoms with Gasteiger partial charge in [-0.2, -0.15) is 0 Å². The van der Waals surface area contributed by atoms with Gasteiger partial charge in [0.2, 0.25) is 5.91 Å². The molecular formula is C9H9NO2S. The van der Waals surface area contributed by atoms with Gasteiger partial charge in [-0.05, 0) is 12.1 Å². The number of amides is 1. The molecule has 4 heteroatoms. The van der Waals surface area contributed by atoms with Gasteiger partial charge in [0.25, 0.3) is 0 Å². The van der Waals surface area contributed by atoms with Crippen LogP contribution in [0.25, 0.3) is 0 Å². The second kappa shape index (κ2) is 3.30. The minimum atomic E-state index is -1.09. The van der Waals surface area contributed by atoms with Crippen molar-refractivity contribution < 1.29 is 9.00 Å². The van der Waals surface area contributed by atoms with Crippen molar-refractivity contribution in [1.29, 1.82) is 0 Å². The van der Waals surface area contributed by atoms with Crippen molar-refractivity contribution in [3.8, 4) is 0 Å². The van der Waals surface area contributed by atoms with Crippen LogP contribution < -0.4 is 5.32 Å². The Morgan fingerprint density at radius 1 is 1.31 bits per heavy atom. The van der Waals surface area contributed by atoms with E-state index in [1.165, 1.54) is 0 Å². The molecule has 1 aromatic rings. The Hall–Kier alpha value is -1.16. The molecule has 2 atom stereocenters. The average Bonchev–Trinajstić information content (AvgIpc) is 2.13. The van der Waals surface area contributed by atoms with Crippen LogP contribution in [0.4, 0.5) is 0 Å². The quantitative estimate of drug-likeness (QED) is 0.704. The highest BCUT2D eigenvalue weighted by molar-refractivity contribution is 7.85. The summed E-state index contributed by atoms with van der Waals surface area (Å²) >= 11 is 0. The zero-order valence-corrected chi connectivity index (χ0v) is 7.71. The first-order valence-electron chi connectivity index (χ1n) is 4.02. The molecule has 1 aliphatic heterocycles. The maximum atomic E-state index is 11.7. The molecule has 1 unspecified atom stereocenters. The number of carbonyl (C=O) groups excluding carboxylic acids is 1. The fourth-order valence-electron chi connectivity index (χ4n) is 1.17. The standard InChI is InChI=1S/C9H9NO2S/c11-8-6-9(10-8)13(12)7-4-2-1-3-5-7/h1-5,9H,6H2,(H,10,11)/t9-,13?/m1/s1. The van der Waals surface area contributed by atoms with E-state index < -0.39 is 10.8 Å². The minimum absolute atomic E-state index is 0.0192. The van der Waals surface area contributed by atoms with E-state index in [9.17, 15) is 9.00 Å². The molecule has 13 heavy (non-hydrogen) atoms. The molecule has 0 saturated carbocycles. The summed E-state index contributed by atoms with van der Waals surface area (Å²) in [6, 6.07) is 9.17. The van der Waals surface area contributed by atoms with Gasteiger partial charge >= 0.3 is 0 Å². The Morgan fingerprint density at radius 2 is 1.92 bits per heavy atom. The van der Waals surface area contributed by atoms with Crippen LogP contribution in [-0.4, -0.2) is 15.5 Å². The summed E-state index contributed by atoms with van der Waals surface area (Å²) < 4.78 is 11.7. The molecule has 2 rings (SSSR count). The molecule has 1 heterocycles. The highest BCUT2D eigenvalue weighted by atomic mass is 32.2. The number of β-lactam (4-membered cyclic amide) rings is 1. The maximum Gasteiger partial charge on any atom is 0.224 e. The van der Waals surface area contributed by atoms with Gasteiger partial charge in [-0.3, -0.25) is 9.00 Å². The molecule has 0 spiro atoms. The zero-order chi connectivity index (χ0) is 9.26. The summed E-state index contributed by atoms with van der Waals surface area (Å²) in [4.78, 5) is 11.4. The summed E-state index contributed by atoms with van der Waals surface area (Å²) in [7, 11) is -1.09. The Bertz CT molecular complexity index is 342. The lowest BCUT2D eigenvalue weighted by Crippen LogP contribution is -2.50.